The van der Waals surface area contributed by atoms with E-state index in [-0.39, 0.29) is 11.5 Å². The first-order valence-electron chi connectivity index (χ1n) is 7.72. The summed E-state index contributed by atoms with van der Waals surface area (Å²) >= 11 is 0. The molecule has 1 fully saturated rings. The van der Waals surface area contributed by atoms with Crippen LogP contribution in [-0.4, -0.2) is 10.2 Å². The highest BCUT2D eigenvalue weighted by atomic mass is 16.3. The van der Waals surface area contributed by atoms with Gasteiger partial charge < -0.3 is 21.7 Å². The molecule has 0 unspecified atom stereocenters. The van der Waals surface area contributed by atoms with Crippen molar-refractivity contribution in [3.8, 4) is 11.5 Å². The second-order valence-electron chi connectivity index (χ2n) is 6.13. The van der Waals surface area contributed by atoms with Crippen molar-refractivity contribution in [1.29, 1.82) is 0 Å². The van der Waals surface area contributed by atoms with Gasteiger partial charge in [0.1, 0.15) is 11.5 Å². The zero-order valence-corrected chi connectivity index (χ0v) is 12.5. The van der Waals surface area contributed by atoms with E-state index in [2.05, 4.69) is 0 Å². The van der Waals surface area contributed by atoms with Crippen molar-refractivity contribution in [2.45, 2.75) is 37.5 Å². The molecule has 0 bridgehead atoms. The minimum absolute atomic E-state index is 0.117. The fraction of sp³-hybridized carbons (Fsp3) is 0.333. The Bertz CT molecular complexity index is 638. The van der Waals surface area contributed by atoms with Crippen LogP contribution in [0.5, 0.6) is 11.5 Å². The number of hydrogen-bond donors (Lipinski definition) is 4. The Hall–Kier alpha value is -2.36. The van der Waals surface area contributed by atoms with Crippen LogP contribution >= 0.6 is 0 Å². The summed E-state index contributed by atoms with van der Waals surface area (Å²) in [5, 5.41) is 21.0. The summed E-state index contributed by atoms with van der Waals surface area (Å²) < 4.78 is 0. The van der Waals surface area contributed by atoms with E-state index in [1.165, 1.54) is 0 Å². The highest BCUT2D eigenvalue weighted by molar-refractivity contribution is 5.65. The van der Waals surface area contributed by atoms with Crippen molar-refractivity contribution in [2.24, 2.45) is 0 Å². The molecule has 116 valence electrons. The third-order valence-corrected chi connectivity index (χ3v) is 4.87. The molecule has 3 rings (SSSR count). The number of nitrogens with two attached hydrogens (primary N) is 2. The number of para-hydroxylation sites is 2. The molecule has 6 N–H and O–H groups in total. The van der Waals surface area contributed by atoms with Gasteiger partial charge in [-0.05, 0) is 25.0 Å². The Labute approximate surface area is 130 Å². The Morgan fingerprint density at radius 1 is 0.727 bits per heavy atom. The molecule has 2 aromatic carbocycles. The zero-order chi connectivity index (χ0) is 15.7. The lowest BCUT2D eigenvalue weighted by Gasteiger charge is -2.39. The molecule has 22 heavy (non-hydrogen) atoms. The fourth-order valence-corrected chi connectivity index (χ4v) is 3.73. The van der Waals surface area contributed by atoms with E-state index in [1.54, 1.807) is 12.1 Å². The van der Waals surface area contributed by atoms with Crippen molar-refractivity contribution in [3.63, 3.8) is 0 Å². The molecule has 0 amide bonds. The molecule has 4 nitrogen and oxygen atoms in total. The largest absolute Gasteiger partial charge is 0.505 e. The number of anilines is 2. The van der Waals surface area contributed by atoms with Crippen LogP contribution in [0, 0.1) is 0 Å². The molecule has 0 atom stereocenters. The minimum atomic E-state index is -0.433. The summed E-state index contributed by atoms with van der Waals surface area (Å²) in [6.45, 7) is 0. The van der Waals surface area contributed by atoms with Gasteiger partial charge in [-0.25, -0.2) is 0 Å². The molecule has 1 saturated carbocycles. The second-order valence-corrected chi connectivity index (χ2v) is 6.13. The first kappa shape index (κ1) is 14.6. The lowest BCUT2D eigenvalue weighted by atomic mass is 9.64. The molecule has 0 spiro atoms. The van der Waals surface area contributed by atoms with Crippen LogP contribution in [0.2, 0.25) is 0 Å². The van der Waals surface area contributed by atoms with E-state index < -0.39 is 5.41 Å². The maximum absolute atomic E-state index is 10.5. The van der Waals surface area contributed by atoms with E-state index in [0.29, 0.717) is 11.4 Å². The molecule has 1 aliphatic rings. The van der Waals surface area contributed by atoms with E-state index >= 15 is 0 Å². The summed E-state index contributed by atoms with van der Waals surface area (Å²) in [5.41, 5.74) is 13.7. The maximum atomic E-state index is 10.5. The number of hydrogen-bond acceptors (Lipinski definition) is 4. The van der Waals surface area contributed by atoms with Crippen molar-refractivity contribution >= 4 is 11.4 Å². The third kappa shape index (κ3) is 2.15. The smallest absolute Gasteiger partial charge is 0.142 e. The monoisotopic (exact) mass is 298 g/mol. The van der Waals surface area contributed by atoms with Crippen LogP contribution in [0.4, 0.5) is 11.4 Å². The Morgan fingerprint density at radius 3 is 1.64 bits per heavy atom. The van der Waals surface area contributed by atoms with Crippen LogP contribution in [0.25, 0.3) is 0 Å². The van der Waals surface area contributed by atoms with Gasteiger partial charge in [-0.2, -0.15) is 0 Å². The topological polar surface area (TPSA) is 92.5 Å². The van der Waals surface area contributed by atoms with Gasteiger partial charge in [0, 0.05) is 16.5 Å². The van der Waals surface area contributed by atoms with Gasteiger partial charge in [-0.1, -0.05) is 43.5 Å². The van der Waals surface area contributed by atoms with Gasteiger partial charge in [0.25, 0.3) is 0 Å². The van der Waals surface area contributed by atoms with Gasteiger partial charge in [-0.3, -0.25) is 0 Å². The predicted molar refractivity (Wildman–Crippen MR) is 88.9 cm³/mol. The van der Waals surface area contributed by atoms with Crippen LogP contribution in [-0.2, 0) is 5.41 Å². The molecule has 0 saturated heterocycles. The molecule has 4 heteroatoms. The van der Waals surface area contributed by atoms with Crippen molar-refractivity contribution in [3.05, 3.63) is 47.5 Å². The minimum Gasteiger partial charge on any atom is -0.505 e. The van der Waals surface area contributed by atoms with Gasteiger partial charge in [-0.15, -0.1) is 0 Å². The van der Waals surface area contributed by atoms with Crippen LogP contribution in [0.1, 0.15) is 43.2 Å². The van der Waals surface area contributed by atoms with Crippen molar-refractivity contribution in [2.75, 3.05) is 11.5 Å². The normalized spacial score (nSPS) is 17.3. The van der Waals surface area contributed by atoms with Crippen molar-refractivity contribution in [1.82, 2.24) is 0 Å². The predicted octanol–water partition coefficient (Wildman–Crippen LogP) is 3.51. The Kier molecular flexibility index (Phi) is 3.61. The number of nitrogen functional groups attached to an aromatic ring is 2. The highest BCUT2D eigenvalue weighted by Gasteiger charge is 2.40. The first-order valence-corrected chi connectivity index (χ1v) is 7.72. The SMILES string of the molecule is Nc1cccc(C2(c3cccc(N)c3O)CCCCC2)c1O. The maximum Gasteiger partial charge on any atom is 0.142 e. The average molecular weight is 298 g/mol. The molecular weight excluding hydrogens is 276 g/mol. The standard InChI is InChI=1S/C18H22N2O2/c19-14-8-4-6-12(16(14)21)18(10-2-1-3-11-18)13-7-5-9-15(20)17(13)22/h4-9,21-22H,1-3,10-11,19-20H2. The number of benzene rings is 2. The highest BCUT2D eigenvalue weighted by Crippen LogP contribution is 2.51. The summed E-state index contributed by atoms with van der Waals surface area (Å²) in [6.07, 6.45) is 4.97. The van der Waals surface area contributed by atoms with Gasteiger partial charge >= 0.3 is 0 Å². The summed E-state index contributed by atoms with van der Waals surface area (Å²) in [7, 11) is 0. The van der Waals surface area contributed by atoms with Gasteiger partial charge in [0.2, 0.25) is 0 Å². The van der Waals surface area contributed by atoms with E-state index in [4.69, 9.17) is 11.5 Å². The van der Waals surface area contributed by atoms with Crippen molar-refractivity contribution < 1.29 is 10.2 Å². The Balaban J connectivity index is 2.25. The number of rotatable bonds is 2. The zero-order valence-electron chi connectivity index (χ0n) is 12.5. The number of phenols is 2. The van der Waals surface area contributed by atoms with Crippen LogP contribution in [0.3, 0.4) is 0 Å². The third-order valence-electron chi connectivity index (χ3n) is 4.87. The average Bonchev–Trinajstić information content (AvgIpc) is 2.53. The van der Waals surface area contributed by atoms with E-state index in [1.807, 2.05) is 24.3 Å². The summed E-state index contributed by atoms with van der Waals surface area (Å²) in [5.74, 6) is 0.234. The molecule has 0 aromatic heterocycles. The quantitative estimate of drug-likeness (QED) is 0.504. The fourth-order valence-electron chi connectivity index (χ4n) is 3.73. The second kappa shape index (κ2) is 5.44. The summed E-state index contributed by atoms with van der Waals surface area (Å²) in [6, 6.07) is 10.9. The lowest BCUT2D eigenvalue weighted by molar-refractivity contribution is 0.322. The molecule has 0 heterocycles. The Morgan fingerprint density at radius 2 is 1.18 bits per heavy atom. The molecule has 0 radical (unpaired) electrons. The summed E-state index contributed by atoms with van der Waals surface area (Å²) in [4.78, 5) is 0. The van der Waals surface area contributed by atoms with E-state index in [0.717, 1.165) is 43.2 Å². The molecule has 2 aromatic rings. The molecular formula is C18H22N2O2. The van der Waals surface area contributed by atoms with Gasteiger partial charge in [0.05, 0.1) is 11.4 Å². The number of phenolic OH excluding ortho intramolecular Hbond substituents is 2. The molecule has 1 aliphatic carbocycles. The number of aromatic hydroxyl groups is 2. The van der Waals surface area contributed by atoms with Gasteiger partial charge in [0.15, 0.2) is 0 Å². The molecule has 0 aliphatic heterocycles. The van der Waals surface area contributed by atoms with Crippen LogP contribution in [0.15, 0.2) is 36.4 Å². The van der Waals surface area contributed by atoms with Crippen LogP contribution < -0.4 is 11.5 Å². The van der Waals surface area contributed by atoms with E-state index in [9.17, 15) is 10.2 Å². The first-order chi connectivity index (χ1) is 10.6. The lowest BCUT2D eigenvalue weighted by Crippen LogP contribution is -2.31.